The molecule has 3 aromatic rings. The highest BCUT2D eigenvalue weighted by molar-refractivity contribution is 9.10. The van der Waals surface area contributed by atoms with Gasteiger partial charge < -0.3 is 4.43 Å². The number of hydrogen-bond donors (Lipinski definition) is 0. The molecule has 0 saturated carbocycles. The molecule has 3 heteroatoms. The lowest BCUT2D eigenvalue weighted by Crippen LogP contribution is -2.44. The van der Waals surface area contributed by atoms with Crippen molar-refractivity contribution in [3.8, 4) is 0 Å². The Morgan fingerprint density at radius 2 is 1.36 bits per heavy atom. The van der Waals surface area contributed by atoms with Crippen LogP contribution in [0.4, 0.5) is 0 Å². The molecule has 3 aromatic carbocycles. The fourth-order valence-corrected chi connectivity index (χ4v) is 6.35. The summed E-state index contributed by atoms with van der Waals surface area (Å²) < 4.78 is 7.76. The maximum atomic E-state index is 6.59. The van der Waals surface area contributed by atoms with E-state index in [-0.39, 0.29) is 5.41 Å². The predicted octanol–water partition coefficient (Wildman–Crippen LogP) is 5.69. The minimum atomic E-state index is -1.30. The molecule has 0 aromatic heterocycles. The summed E-state index contributed by atoms with van der Waals surface area (Å²) in [5.41, 5.74) is 5.41. The van der Waals surface area contributed by atoms with Crippen LogP contribution in [-0.2, 0) is 16.4 Å². The summed E-state index contributed by atoms with van der Waals surface area (Å²) >= 11 is 3.85. The molecule has 0 bridgehead atoms. The molecule has 0 atom stereocenters. The van der Waals surface area contributed by atoms with Crippen molar-refractivity contribution in [1.29, 1.82) is 0 Å². The summed E-state index contributed by atoms with van der Waals surface area (Å²) in [4.78, 5) is 0. The zero-order chi connectivity index (χ0) is 20.3. The maximum Gasteiger partial charge on any atom is 0.283 e. The van der Waals surface area contributed by atoms with Crippen LogP contribution in [0.2, 0.25) is 0 Å². The van der Waals surface area contributed by atoms with Gasteiger partial charge in [0.25, 0.3) is 9.04 Å². The molecule has 1 nitrogen and oxygen atoms in total. The van der Waals surface area contributed by atoms with Gasteiger partial charge in [-0.15, -0.1) is 0 Å². The quantitative estimate of drug-likeness (QED) is 0.452. The van der Waals surface area contributed by atoms with Gasteiger partial charge in [-0.2, -0.15) is 0 Å². The summed E-state index contributed by atoms with van der Waals surface area (Å²) in [6.07, 6.45) is 0. The molecule has 0 aliphatic rings. The predicted molar refractivity (Wildman–Crippen MR) is 125 cm³/mol. The minimum Gasteiger partial charge on any atom is -0.403 e. The monoisotopic (exact) mass is 451 g/mol. The highest BCUT2D eigenvalue weighted by Gasteiger charge is 2.23. The molecule has 0 heterocycles. The summed E-state index contributed by atoms with van der Waals surface area (Å²) in [7, 11) is -1.30. The Hall–Kier alpha value is -1.68. The van der Waals surface area contributed by atoms with Crippen molar-refractivity contribution in [3.05, 3.63) is 93.5 Å². The third-order valence-corrected chi connectivity index (χ3v) is 8.22. The summed E-state index contributed by atoms with van der Waals surface area (Å²) in [6.45, 7) is 11.8. The minimum absolute atomic E-state index is 0.124. The molecule has 1 radical (unpaired) electrons. The first kappa shape index (κ1) is 21.0. The van der Waals surface area contributed by atoms with E-state index in [2.05, 4.69) is 117 Å². The van der Waals surface area contributed by atoms with Gasteiger partial charge in [-0.05, 0) is 51.9 Å². The first-order valence-corrected chi connectivity index (χ1v) is 11.9. The van der Waals surface area contributed by atoms with Crippen molar-refractivity contribution >= 4 is 35.3 Å². The van der Waals surface area contributed by atoms with Crippen molar-refractivity contribution in [3.63, 3.8) is 0 Å². The summed E-state index contributed by atoms with van der Waals surface area (Å²) in [5.74, 6) is 0. The van der Waals surface area contributed by atoms with Crippen LogP contribution in [0.15, 0.2) is 71.2 Å². The third kappa shape index (κ3) is 4.65. The Labute approximate surface area is 179 Å². The van der Waals surface area contributed by atoms with Gasteiger partial charge in [0.15, 0.2) is 0 Å². The van der Waals surface area contributed by atoms with E-state index in [1.807, 2.05) is 0 Å². The summed E-state index contributed by atoms with van der Waals surface area (Å²) in [6, 6.07) is 23.5. The van der Waals surface area contributed by atoms with E-state index in [0.717, 1.165) is 0 Å². The Kier molecular flexibility index (Phi) is 6.59. The number of aryl methyl sites for hydroxylation is 1. The molecule has 0 spiro atoms. The molecule has 0 aliphatic heterocycles. The lowest BCUT2D eigenvalue weighted by atomic mass is 9.80. The fraction of sp³-hybridized carbons (Fsp3) is 0.280. The number of halogens is 1. The number of hydrogen-bond acceptors (Lipinski definition) is 1. The van der Waals surface area contributed by atoms with Gasteiger partial charge in [0.2, 0.25) is 0 Å². The highest BCUT2D eigenvalue weighted by Crippen LogP contribution is 2.35. The van der Waals surface area contributed by atoms with Crippen LogP contribution in [0.25, 0.3) is 0 Å². The molecule has 3 rings (SSSR count). The van der Waals surface area contributed by atoms with Gasteiger partial charge in [0.1, 0.15) is 0 Å². The van der Waals surface area contributed by atoms with Crippen LogP contribution in [0.3, 0.4) is 0 Å². The topological polar surface area (TPSA) is 9.23 Å². The van der Waals surface area contributed by atoms with Gasteiger partial charge in [-0.25, -0.2) is 0 Å². The second-order valence-electron chi connectivity index (χ2n) is 8.27. The van der Waals surface area contributed by atoms with E-state index in [1.54, 1.807) is 0 Å². The Morgan fingerprint density at radius 1 is 0.857 bits per heavy atom. The molecular weight excluding hydrogens is 424 g/mol. The molecule has 145 valence electrons. The van der Waals surface area contributed by atoms with E-state index in [4.69, 9.17) is 4.43 Å². The molecule has 0 amide bonds. The third-order valence-electron chi connectivity index (χ3n) is 4.97. The molecule has 0 saturated heterocycles. The first-order valence-electron chi connectivity index (χ1n) is 9.68. The summed E-state index contributed by atoms with van der Waals surface area (Å²) in [5, 5.41) is 2.55. The lowest BCUT2D eigenvalue weighted by molar-refractivity contribution is 0.320. The molecular formula is C25H28BrOSi. The second-order valence-corrected chi connectivity index (χ2v) is 11.2. The first-order chi connectivity index (χ1) is 13.3. The zero-order valence-corrected chi connectivity index (χ0v) is 19.9. The van der Waals surface area contributed by atoms with Crippen LogP contribution in [-0.4, -0.2) is 9.04 Å². The molecule has 0 fully saturated rings. The van der Waals surface area contributed by atoms with Crippen molar-refractivity contribution in [2.45, 2.75) is 46.6 Å². The normalized spacial score (nSPS) is 11.8. The molecule has 28 heavy (non-hydrogen) atoms. The Morgan fingerprint density at radius 3 is 1.82 bits per heavy atom. The maximum absolute atomic E-state index is 6.59. The molecule has 0 unspecified atom stereocenters. The van der Waals surface area contributed by atoms with Gasteiger partial charge >= 0.3 is 0 Å². The SMILES string of the molecule is Cc1cc(CO[Si](c2ccccc2)c2ccccc2)c(Br)c(C)c1C(C)(C)C. The van der Waals surface area contributed by atoms with Crippen LogP contribution in [0, 0.1) is 13.8 Å². The zero-order valence-electron chi connectivity index (χ0n) is 17.3. The van der Waals surface area contributed by atoms with E-state index in [0.29, 0.717) is 6.61 Å². The average molecular weight is 452 g/mol. The van der Waals surface area contributed by atoms with Crippen LogP contribution in [0.1, 0.15) is 43.0 Å². The van der Waals surface area contributed by atoms with Crippen molar-refractivity contribution < 1.29 is 4.43 Å². The second kappa shape index (κ2) is 8.77. The van der Waals surface area contributed by atoms with Crippen molar-refractivity contribution in [1.82, 2.24) is 0 Å². The molecule has 0 aliphatic carbocycles. The van der Waals surface area contributed by atoms with Gasteiger partial charge in [0.05, 0.1) is 6.61 Å². The van der Waals surface area contributed by atoms with E-state index >= 15 is 0 Å². The van der Waals surface area contributed by atoms with E-state index < -0.39 is 9.04 Å². The van der Waals surface area contributed by atoms with Crippen LogP contribution < -0.4 is 10.4 Å². The van der Waals surface area contributed by atoms with Gasteiger partial charge in [-0.3, -0.25) is 0 Å². The average Bonchev–Trinajstić information content (AvgIpc) is 2.66. The van der Waals surface area contributed by atoms with Gasteiger partial charge in [-0.1, -0.05) is 103 Å². The standard InChI is InChI=1S/C25H28BrOSi/c1-18-16-20(24(26)19(2)23(18)25(3,4)5)17-27-28(21-12-8-6-9-13-21)22-14-10-7-11-15-22/h6-16H,17H2,1-5H3. The Balaban J connectivity index is 1.93. The lowest BCUT2D eigenvalue weighted by Gasteiger charge is -2.27. The van der Waals surface area contributed by atoms with E-state index in [1.165, 1.54) is 37.1 Å². The number of rotatable bonds is 5. The molecule has 0 N–H and O–H groups in total. The Bertz CT molecular complexity index is 891. The van der Waals surface area contributed by atoms with Crippen molar-refractivity contribution in [2.75, 3.05) is 0 Å². The van der Waals surface area contributed by atoms with Crippen LogP contribution in [0.5, 0.6) is 0 Å². The van der Waals surface area contributed by atoms with E-state index in [9.17, 15) is 0 Å². The highest BCUT2D eigenvalue weighted by atomic mass is 79.9. The van der Waals surface area contributed by atoms with Crippen molar-refractivity contribution in [2.24, 2.45) is 0 Å². The van der Waals surface area contributed by atoms with Gasteiger partial charge in [0, 0.05) is 4.47 Å². The largest absolute Gasteiger partial charge is 0.403 e. The van der Waals surface area contributed by atoms with Crippen LogP contribution >= 0.6 is 15.9 Å². The number of benzene rings is 3. The smallest absolute Gasteiger partial charge is 0.283 e. The fourth-order valence-electron chi connectivity index (χ4n) is 3.96.